The molecule has 102 valence electrons. The Morgan fingerprint density at radius 2 is 1.76 bits per heavy atom. The summed E-state index contributed by atoms with van der Waals surface area (Å²) in [5, 5.41) is 10.5. The zero-order valence-corrected chi connectivity index (χ0v) is 12.2. The summed E-state index contributed by atoms with van der Waals surface area (Å²) >= 11 is 0. The van der Waals surface area contributed by atoms with Crippen LogP contribution in [0.2, 0.25) is 0 Å². The third-order valence-corrected chi connectivity index (χ3v) is 4.90. The van der Waals surface area contributed by atoms with Crippen molar-refractivity contribution in [2.24, 2.45) is 11.3 Å². The van der Waals surface area contributed by atoms with E-state index in [1.54, 1.807) is 0 Å². The summed E-state index contributed by atoms with van der Waals surface area (Å²) < 4.78 is 0. The monoisotopic (exact) mass is 240 g/mol. The van der Waals surface area contributed by atoms with E-state index in [-0.39, 0.29) is 11.5 Å². The van der Waals surface area contributed by atoms with Gasteiger partial charge in [-0.2, -0.15) is 0 Å². The molecule has 0 aliphatic heterocycles. The highest BCUT2D eigenvalue weighted by Crippen LogP contribution is 2.41. The molecule has 1 saturated carbocycles. The van der Waals surface area contributed by atoms with E-state index in [4.69, 9.17) is 0 Å². The SMILES string of the molecule is CCCCC(CC)CC(O)C1(C)CCCCC1. The molecule has 1 aliphatic rings. The number of unbranched alkanes of at least 4 members (excludes halogenated alkanes) is 1. The molecule has 1 nitrogen and oxygen atoms in total. The Labute approximate surface area is 108 Å². The van der Waals surface area contributed by atoms with E-state index in [9.17, 15) is 5.11 Å². The molecule has 1 aliphatic carbocycles. The van der Waals surface area contributed by atoms with E-state index in [2.05, 4.69) is 20.8 Å². The van der Waals surface area contributed by atoms with Gasteiger partial charge in [0.05, 0.1) is 6.10 Å². The minimum atomic E-state index is -0.0652. The second kappa shape index (κ2) is 7.41. The molecule has 0 saturated heterocycles. The van der Waals surface area contributed by atoms with Crippen molar-refractivity contribution in [2.45, 2.75) is 91.1 Å². The smallest absolute Gasteiger partial charge is 0.0596 e. The highest BCUT2D eigenvalue weighted by molar-refractivity contribution is 4.86. The van der Waals surface area contributed by atoms with E-state index >= 15 is 0 Å². The molecule has 1 N–H and O–H groups in total. The lowest BCUT2D eigenvalue weighted by Gasteiger charge is -2.39. The molecular weight excluding hydrogens is 208 g/mol. The van der Waals surface area contributed by atoms with Crippen LogP contribution in [0.3, 0.4) is 0 Å². The molecule has 0 aromatic rings. The first-order valence-electron chi connectivity index (χ1n) is 7.80. The van der Waals surface area contributed by atoms with E-state index in [0.717, 1.165) is 12.3 Å². The molecule has 0 aromatic heterocycles. The maximum Gasteiger partial charge on any atom is 0.0596 e. The van der Waals surface area contributed by atoms with E-state index in [1.165, 1.54) is 57.8 Å². The van der Waals surface area contributed by atoms with Crippen LogP contribution in [0, 0.1) is 11.3 Å². The predicted molar refractivity (Wildman–Crippen MR) is 75.1 cm³/mol. The summed E-state index contributed by atoms with van der Waals surface area (Å²) in [6.45, 7) is 6.84. The first kappa shape index (κ1) is 15.0. The Balaban J connectivity index is 2.41. The van der Waals surface area contributed by atoms with Crippen LogP contribution in [0.5, 0.6) is 0 Å². The van der Waals surface area contributed by atoms with Gasteiger partial charge in [0.2, 0.25) is 0 Å². The van der Waals surface area contributed by atoms with Gasteiger partial charge in [0.25, 0.3) is 0 Å². The molecule has 2 unspecified atom stereocenters. The van der Waals surface area contributed by atoms with Crippen molar-refractivity contribution < 1.29 is 5.11 Å². The lowest BCUT2D eigenvalue weighted by Crippen LogP contribution is -2.35. The summed E-state index contributed by atoms with van der Waals surface area (Å²) in [7, 11) is 0. The summed E-state index contributed by atoms with van der Waals surface area (Å²) in [5.74, 6) is 0.740. The first-order valence-corrected chi connectivity index (χ1v) is 7.80. The lowest BCUT2D eigenvalue weighted by atomic mass is 9.69. The second-order valence-electron chi connectivity index (χ2n) is 6.38. The second-order valence-corrected chi connectivity index (χ2v) is 6.38. The van der Waals surface area contributed by atoms with Crippen LogP contribution in [-0.2, 0) is 0 Å². The number of rotatable bonds is 7. The lowest BCUT2D eigenvalue weighted by molar-refractivity contribution is -0.00768. The molecule has 2 atom stereocenters. The van der Waals surface area contributed by atoms with Gasteiger partial charge < -0.3 is 5.11 Å². The van der Waals surface area contributed by atoms with Crippen LogP contribution >= 0.6 is 0 Å². The average molecular weight is 240 g/mol. The molecule has 0 amide bonds. The molecule has 0 spiro atoms. The fraction of sp³-hybridized carbons (Fsp3) is 1.00. The fourth-order valence-electron chi connectivity index (χ4n) is 3.27. The van der Waals surface area contributed by atoms with Gasteiger partial charge in [-0.05, 0) is 30.6 Å². The number of aliphatic hydroxyl groups is 1. The van der Waals surface area contributed by atoms with Gasteiger partial charge in [0, 0.05) is 0 Å². The summed E-state index contributed by atoms with van der Waals surface area (Å²) in [4.78, 5) is 0. The van der Waals surface area contributed by atoms with Crippen LogP contribution in [0.25, 0.3) is 0 Å². The fourth-order valence-corrected chi connectivity index (χ4v) is 3.27. The summed E-state index contributed by atoms with van der Waals surface area (Å²) in [5.41, 5.74) is 0.220. The van der Waals surface area contributed by atoms with E-state index in [0.29, 0.717) is 0 Å². The maximum atomic E-state index is 10.5. The van der Waals surface area contributed by atoms with Crippen molar-refractivity contribution in [2.75, 3.05) is 0 Å². The van der Waals surface area contributed by atoms with Crippen LogP contribution in [0.15, 0.2) is 0 Å². The Morgan fingerprint density at radius 3 is 2.29 bits per heavy atom. The third kappa shape index (κ3) is 4.62. The third-order valence-electron chi connectivity index (χ3n) is 4.90. The Kier molecular flexibility index (Phi) is 6.54. The van der Waals surface area contributed by atoms with Crippen molar-refractivity contribution >= 4 is 0 Å². The molecule has 0 aromatic carbocycles. The van der Waals surface area contributed by atoms with Gasteiger partial charge in [-0.3, -0.25) is 0 Å². The summed E-state index contributed by atoms with van der Waals surface area (Å²) in [6, 6.07) is 0. The van der Waals surface area contributed by atoms with Gasteiger partial charge in [0.15, 0.2) is 0 Å². The minimum absolute atomic E-state index is 0.0652. The number of hydrogen-bond acceptors (Lipinski definition) is 1. The number of aliphatic hydroxyl groups excluding tert-OH is 1. The molecule has 0 bridgehead atoms. The van der Waals surface area contributed by atoms with Crippen molar-refractivity contribution in [3.05, 3.63) is 0 Å². The van der Waals surface area contributed by atoms with Crippen LogP contribution in [0.1, 0.15) is 85.0 Å². The Bertz CT molecular complexity index is 194. The van der Waals surface area contributed by atoms with Crippen LogP contribution in [0.4, 0.5) is 0 Å². The average Bonchev–Trinajstić information content (AvgIpc) is 2.35. The van der Waals surface area contributed by atoms with Crippen LogP contribution < -0.4 is 0 Å². The molecule has 1 fully saturated rings. The quantitative estimate of drug-likeness (QED) is 0.669. The van der Waals surface area contributed by atoms with Crippen molar-refractivity contribution in [1.29, 1.82) is 0 Å². The minimum Gasteiger partial charge on any atom is -0.393 e. The zero-order chi connectivity index (χ0) is 12.7. The first-order chi connectivity index (χ1) is 8.12. The highest BCUT2D eigenvalue weighted by atomic mass is 16.3. The van der Waals surface area contributed by atoms with Gasteiger partial charge in [0.1, 0.15) is 0 Å². The van der Waals surface area contributed by atoms with E-state index < -0.39 is 0 Å². The zero-order valence-electron chi connectivity index (χ0n) is 12.2. The van der Waals surface area contributed by atoms with E-state index in [1.807, 2.05) is 0 Å². The van der Waals surface area contributed by atoms with Crippen molar-refractivity contribution in [3.63, 3.8) is 0 Å². The molecule has 0 radical (unpaired) electrons. The Hall–Kier alpha value is -0.0400. The molecular formula is C16H32O. The molecule has 17 heavy (non-hydrogen) atoms. The van der Waals surface area contributed by atoms with Gasteiger partial charge in [-0.15, -0.1) is 0 Å². The highest BCUT2D eigenvalue weighted by Gasteiger charge is 2.35. The normalized spacial score (nSPS) is 23.3. The molecule has 0 heterocycles. The van der Waals surface area contributed by atoms with Gasteiger partial charge in [-0.1, -0.05) is 65.7 Å². The topological polar surface area (TPSA) is 20.2 Å². The predicted octanol–water partition coefficient (Wildman–Crippen LogP) is 4.92. The van der Waals surface area contributed by atoms with Crippen molar-refractivity contribution in [1.82, 2.24) is 0 Å². The molecule has 1 rings (SSSR count). The van der Waals surface area contributed by atoms with Gasteiger partial charge >= 0.3 is 0 Å². The number of hydrogen-bond donors (Lipinski definition) is 1. The van der Waals surface area contributed by atoms with Crippen LogP contribution in [-0.4, -0.2) is 11.2 Å². The van der Waals surface area contributed by atoms with Crippen molar-refractivity contribution in [3.8, 4) is 0 Å². The largest absolute Gasteiger partial charge is 0.393 e. The summed E-state index contributed by atoms with van der Waals surface area (Å²) in [6.07, 6.45) is 12.6. The van der Waals surface area contributed by atoms with Gasteiger partial charge in [-0.25, -0.2) is 0 Å². The molecule has 1 heteroatoms. The Morgan fingerprint density at radius 1 is 1.12 bits per heavy atom. The standard InChI is InChI=1S/C16H32O/c1-4-6-10-14(5-2)13-15(17)16(3)11-8-7-9-12-16/h14-15,17H,4-13H2,1-3H3. The maximum absolute atomic E-state index is 10.5.